The van der Waals surface area contributed by atoms with Gasteiger partial charge in [0.15, 0.2) is 0 Å². The Bertz CT molecular complexity index is 676. The maximum absolute atomic E-state index is 11.2. The third-order valence-corrected chi connectivity index (χ3v) is 4.34. The van der Waals surface area contributed by atoms with Crippen LogP contribution in [0.2, 0.25) is 0 Å². The maximum atomic E-state index is 11.2. The van der Waals surface area contributed by atoms with Gasteiger partial charge in [-0.2, -0.15) is 0 Å². The van der Waals surface area contributed by atoms with E-state index in [1.165, 1.54) is 12.5 Å². The number of aryl methyl sites for hydroxylation is 2. The van der Waals surface area contributed by atoms with Crippen LogP contribution < -0.4 is 5.32 Å². The number of rotatable bonds is 10. The Morgan fingerprint density at radius 1 is 1.04 bits per heavy atom. The molecule has 0 aliphatic heterocycles. The van der Waals surface area contributed by atoms with Crippen LogP contribution >= 0.6 is 0 Å². The number of nitrogens with one attached hydrogen (secondary N) is 1. The number of carbonyl (C=O) groups excluding carboxylic acids is 1. The van der Waals surface area contributed by atoms with Crippen molar-refractivity contribution >= 4 is 5.91 Å². The van der Waals surface area contributed by atoms with Crippen LogP contribution in [0.5, 0.6) is 0 Å². The topological polar surface area (TPSA) is 82.5 Å². The molecule has 1 aromatic carbocycles. The number of amides is 1. The first kappa shape index (κ1) is 20.1. The molecule has 0 saturated carbocycles. The van der Waals surface area contributed by atoms with Crippen molar-refractivity contribution in [2.45, 2.75) is 51.2 Å². The molecule has 2 atom stereocenters. The minimum absolute atomic E-state index is 0.294. The Hall–Kier alpha value is -2.24. The highest BCUT2D eigenvalue weighted by molar-refractivity contribution is 5.73. The highest BCUT2D eigenvalue weighted by atomic mass is 16.3. The van der Waals surface area contributed by atoms with Gasteiger partial charge in [0.25, 0.3) is 0 Å². The minimum atomic E-state index is -1.03. The third-order valence-electron chi connectivity index (χ3n) is 4.34. The molecular weight excluding hydrogens is 328 g/mol. The molecule has 0 radical (unpaired) electrons. The minimum Gasteiger partial charge on any atom is -0.394 e. The van der Waals surface area contributed by atoms with E-state index in [2.05, 4.69) is 34.6 Å². The summed E-state index contributed by atoms with van der Waals surface area (Å²) in [5.74, 6) is -0.294. The second-order valence-corrected chi connectivity index (χ2v) is 6.53. The number of aromatic nitrogens is 1. The monoisotopic (exact) mass is 356 g/mol. The summed E-state index contributed by atoms with van der Waals surface area (Å²) in [4.78, 5) is 15.7. The normalized spacial score (nSPS) is 13.2. The smallest absolute Gasteiger partial charge is 0.217 e. The molecule has 5 heteroatoms. The van der Waals surface area contributed by atoms with Gasteiger partial charge in [-0.15, -0.1) is 0 Å². The van der Waals surface area contributed by atoms with Gasteiger partial charge in [0.2, 0.25) is 5.91 Å². The second kappa shape index (κ2) is 10.7. The Morgan fingerprint density at radius 3 is 2.46 bits per heavy atom. The third kappa shape index (κ3) is 6.58. The van der Waals surface area contributed by atoms with Crippen molar-refractivity contribution in [1.29, 1.82) is 0 Å². The van der Waals surface area contributed by atoms with Crippen molar-refractivity contribution < 1.29 is 15.0 Å². The van der Waals surface area contributed by atoms with E-state index in [1.54, 1.807) is 6.07 Å². The molecule has 0 fully saturated rings. The average molecular weight is 356 g/mol. The van der Waals surface area contributed by atoms with Gasteiger partial charge in [0.05, 0.1) is 18.3 Å². The Balaban J connectivity index is 1.81. The van der Waals surface area contributed by atoms with E-state index in [9.17, 15) is 15.0 Å². The van der Waals surface area contributed by atoms with E-state index in [4.69, 9.17) is 0 Å². The first-order chi connectivity index (χ1) is 12.6. The van der Waals surface area contributed by atoms with E-state index in [0.29, 0.717) is 5.69 Å². The maximum Gasteiger partial charge on any atom is 0.217 e. The Kier molecular flexibility index (Phi) is 8.25. The van der Waals surface area contributed by atoms with Gasteiger partial charge in [-0.05, 0) is 43.4 Å². The first-order valence-electron chi connectivity index (χ1n) is 9.16. The number of benzene rings is 1. The number of aliphatic hydroxyl groups is 2. The van der Waals surface area contributed by atoms with E-state index < -0.39 is 12.1 Å². The summed E-state index contributed by atoms with van der Waals surface area (Å²) in [5, 5.41) is 22.3. The number of hydrogen-bond acceptors (Lipinski definition) is 4. The highest BCUT2D eigenvalue weighted by Gasteiger charge is 2.22. The number of nitrogens with zero attached hydrogens (tertiary/aromatic N) is 1. The molecule has 0 saturated heterocycles. The zero-order valence-corrected chi connectivity index (χ0v) is 15.3. The zero-order chi connectivity index (χ0) is 18.8. The molecule has 1 heterocycles. The van der Waals surface area contributed by atoms with Gasteiger partial charge < -0.3 is 15.5 Å². The van der Waals surface area contributed by atoms with Gasteiger partial charge in [0, 0.05) is 12.6 Å². The fourth-order valence-electron chi connectivity index (χ4n) is 2.95. The molecule has 26 heavy (non-hydrogen) atoms. The zero-order valence-electron chi connectivity index (χ0n) is 15.3. The summed E-state index contributed by atoms with van der Waals surface area (Å²) in [7, 11) is 0. The lowest BCUT2D eigenvalue weighted by molar-refractivity contribution is -0.121. The lowest BCUT2D eigenvalue weighted by Gasteiger charge is -2.21. The number of aliphatic hydroxyl groups excluding tert-OH is 2. The molecule has 0 aliphatic carbocycles. The van der Waals surface area contributed by atoms with Crippen molar-refractivity contribution in [2.24, 2.45) is 0 Å². The number of hydrogen-bond donors (Lipinski definition) is 3. The molecule has 1 amide bonds. The molecule has 140 valence electrons. The molecular formula is C21H28N2O3. The van der Waals surface area contributed by atoms with E-state index >= 15 is 0 Å². The quantitative estimate of drug-likeness (QED) is 0.572. The molecule has 2 unspecified atom stereocenters. The van der Waals surface area contributed by atoms with Crippen LogP contribution in [0.25, 0.3) is 0 Å². The predicted octanol–water partition coefficient (Wildman–Crippen LogP) is 2.57. The van der Waals surface area contributed by atoms with Gasteiger partial charge in [-0.25, -0.2) is 0 Å². The number of pyridine rings is 1. The molecule has 0 spiro atoms. The van der Waals surface area contributed by atoms with Gasteiger partial charge in [-0.3, -0.25) is 9.78 Å². The molecule has 3 N–H and O–H groups in total. The summed E-state index contributed by atoms with van der Waals surface area (Å²) < 4.78 is 0. The molecule has 0 aliphatic rings. The van der Waals surface area contributed by atoms with Crippen LogP contribution in [0.4, 0.5) is 0 Å². The van der Waals surface area contributed by atoms with Crippen LogP contribution in [0, 0.1) is 0 Å². The van der Waals surface area contributed by atoms with Crippen LogP contribution in [-0.2, 0) is 17.6 Å². The predicted molar refractivity (Wildman–Crippen MR) is 102 cm³/mol. The molecule has 1 aromatic heterocycles. The first-order valence-corrected chi connectivity index (χ1v) is 9.16. The molecule has 0 bridgehead atoms. The SMILES string of the molecule is CC(=O)NC(CO)C(O)c1cccc(CCCCCc2ccccc2)n1. The van der Waals surface area contributed by atoms with Crippen LogP contribution in [0.15, 0.2) is 48.5 Å². The Morgan fingerprint density at radius 2 is 1.77 bits per heavy atom. The van der Waals surface area contributed by atoms with Crippen LogP contribution in [-0.4, -0.2) is 33.8 Å². The van der Waals surface area contributed by atoms with Crippen molar-refractivity contribution in [3.8, 4) is 0 Å². The summed E-state index contributed by atoms with van der Waals surface area (Å²) in [6.07, 6.45) is 4.20. The van der Waals surface area contributed by atoms with Crippen LogP contribution in [0.3, 0.4) is 0 Å². The highest BCUT2D eigenvalue weighted by Crippen LogP contribution is 2.16. The van der Waals surface area contributed by atoms with E-state index in [-0.39, 0.29) is 12.5 Å². The van der Waals surface area contributed by atoms with Gasteiger partial charge in [-0.1, -0.05) is 42.8 Å². The molecule has 2 rings (SSSR count). The summed E-state index contributed by atoms with van der Waals surface area (Å²) in [6.45, 7) is 1.01. The van der Waals surface area contributed by atoms with Crippen molar-refractivity contribution in [2.75, 3.05) is 6.61 Å². The van der Waals surface area contributed by atoms with Crippen molar-refractivity contribution in [1.82, 2.24) is 10.3 Å². The molecule has 5 nitrogen and oxygen atoms in total. The van der Waals surface area contributed by atoms with Gasteiger partial charge >= 0.3 is 0 Å². The van der Waals surface area contributed by atoms with Crippen molar-refractivity contribution in [3.05, 3.63) is 65.5 Å². The van der Waals surface area contributed by atoms with Crippen molar-refractivity contribution in [3.63, 3.8) is 0 Å². The lowest BCUT2D eigenvalue weighted by Crippen LogP contribution is -2.41. The standard InChI is InChI=1S/C21H28N2O3/c1-16(25)22-20(15-24)21(26)19-14-8-13-18(23-19)12-7-3-6-11-17-9-4-2-5-10-17/h2,4-5,8-10,13-14,20-21,24,26H,3,6-7,11-12,15H2,1H3,(H,22,25). The fourth-order valence-corrected chi connectivity index (χ4v) is 2.95. The van der Waals surface area contributed by atoms with E-state index in [0.717, 1.165) is 37.8 Å². The second-order valence-electron chi connectivity index (χ2n) is 6.53. The van der Waals surface area contributed by atoms with Gasteiger partial charge in [0.1, 0.15) is 6.10 Å². The average Bonchev–Trinajstić information content (AvgIpc) is 2.66. The van der Waals surface area contributed by atoms with E-state index in [1.807, 2.05) is 18.2 Å². The number of unbranched alkanes of at least 4 members (excludes halogenated alkanes) is 2. The fraction of sp³-hybridized carbons (Fsp3) is 0.429. The molecule has 2 aromatic rings. The summed E-state index contributed by atoms with van der Waals surface area (Å²) in [5.41, 5.74) is 2.75. The Labute approximate surface area is 155 Å². The summed E-state index contributed by atoms with van der Waals surface area (Å²) in [6, 6.07) is 15.2. The summed E-state index contributed by atoms with van der Waals surface area (Å²) >= 11 is 0. The lowest BCUT2D eigenvalue weighted by atomic mass is 10.0. The van der Waals surface area contributed by atoms with Crippen LogP contribution in [0.1, 0.15) is 49.2 Å². The largest absolute Gasteiger partial charge is 0.394 e. The number of carbonyl (C=O) groups is 1.